The molecule has 0 aromatic carbocycles. The average Bonchev–Trinajstić information content (AvgIpc) is 2.05. The first-order valence-electron chi connectivity index (χ1n) is 3.99. The lowest BCUT2D eigenvalue weighted by Crippen LogP contribution is -2.36. The minimum Gasteiger partial charge on any atom is -0.271 e. The topological polar surface area (TPSA) is 38.0 Å². The van der Waals surface area contributed by atoms with Gasteiger partial charge in [0, 0.05) is 11.8 Å². The summed E-state index contributed by atoms with van der Waals surface area (Å²) in [6.07, 6.45) is 4.06. The van der Waals surface area contributed by atoms with Gasteiger partial charge in [-0.1, -0.05) is 13.0 Å². The highest BCUT2D eigenvalue weighted by atomic mass is 32.2. The van der Waals surface area contributed by atoms with Crippen molar-refractivity contribution in [3.8, 4) is 0 Å². The molecule has 66 valence electrons. The van der Waals surface area contributed by atoms with E-state index >= 15 is 0 Å². The predicted octanol–water partition coefficient (Wildman–Crippen LogP) is 1.54. The fourth-order valence-corrected chi connectivity index (χ4v) is 1.58. The molecule has 0 rings (SSSR count). The fourth-order valence-electron chi connectivity index (χ4n) is 0.794. The molecule has 0 aliphatic carbocycles. The molecule has 11 heavy (non-hydrogen) atoms. The van der Waals surface area contributed by atoms with E-state index < -0.39 is 0 Å². The van der Waals surface area contributed by atoms with E-state index in [0.717, 1.165) is 24.3 Å². The van der Waals surface area contributed by atoms with E-state index in [-0.39, 0.29) is 0 Å². The Hall–Kier alpha value is 0.01000. The number of nitrogens with one attached hydrogen (secondary N) is 1. The maximum absolute atomic E-state index is 5.36. The predicted molar refractivity (Wildman–Crippen MR) is 53.5 cm³/mol. The van der Waals surface area contributed by atoms with Gasteiger partial charge in [-0.25, -0.2) is 0 Å². The van der Waals surface area contributed by atoms with Gasteiger partial charge in [-0.3, -0.25) is 11.3 Å². The molecule has 0 fully saturated rings. The Balaban J connectivity index is 3.32. The quantitative estimate of drug-likeness (QED) is 0.349. The van der Waals surface area contributed by atoms with Crippen molar-refractivity contribution >= 4 is 11.8 Å². The first kappa shape index (κ1) is 11.0. The molecule has 3 N–H and O–H groups in total. The Bertz CT molecular complexity index is 96.1. The Morgan fingerprint density at radius 1 is 1.73 bits per heavy atom. The molecular weight excluding hydrogens is 156 g/mol. The Kier molecular flexibility index (Phi) is 8.12. The summed E-state index contributed by atoms with van der Waals surface area (Å²) in [5.74, 6) is 7.61. The molecule has 0 heterocycles. The van der Waals surface area contributed by atoms with Gasteiger partial charge >= 0.3 is 0 Å². The second-order valence-corrected chi connectivity index (χ2v) is 3.71. The Morgan fingerprint density at radius 2 is 2.45 bits per heavy atom. The van der Waals surface area contributed by atoms with Crippen molar-refractivity contribution in [1.29, 1.82) is 0 Å². The molecule has 0 amide bonds. The van der Waals surface area contributed by atoms with Crippen LogP contribution >= 0.6 is 11.8 Å². The minimum atomic E-state index is 0.443. The summed E-state index contributed by atoms with van der Waals surface area (Å²) >= 11 is 1.91. The summed E-state index contributed by atoms with van der Waals surface area (Å²) in [6, 6.07) is 0.443. The van der Waals surface area contributed by atoms with Crippen LogP contribution in [0.25, 0.3) is 0 Å². The molecule has 1 atom stereocenters. The van der Waals surface area contributed by atoms with E-state index in [9.17, 15) is 0 Å². The molecule has 2 nitrogen and oxygen atoms in total. The number of hydrogen-bond acceptors (Lipinski definition) is 3. The summed E-state index contributed by atoms with van der Waals surface area (Å²) in [4.78, 5) is 0. The maximum atomic E-state index is 5.36. The normalized spacial score (nSPS) is 12.9. The number of rotatable bonds is 7. The fraction of sp³-hybridized carbons (Fsp3) is 0.750. The van der Waals surface area contributed by atoms with Crippen molar-refractivity contribution in [2.75, 3.05) is 11.5 Å². The van der Waals surface area contributed by atoms with Crippen LogP contribution in [0.4, 0.5) is 0 Å². The molecule has 0 bridgehead atoms. The van der Waals surface area contributed by atoms with E-state index in [1.807, 2.05) is 17.8 Å². The van der Waals surface area contributed by atoms with Crippen molar-refractivity contribution in [1.82, 2.24) is 5.43 Å². The molecule has 0 saturated heterocycles. The summed E-state index contributed by atoms with van der Waals surface area (Å²) in [7, 11) is 0. The zero-order valence-electron chi connectivity index (χ0n) is 7.18. The van der Waals surface area contributed by atoms with E-state index in [4.69, 9.17) is 5.84 Å². The van der Waals surface area contributed by atoms with Crippen molar-refractivity contribution < 1.29 is 0 Å². The van der Waals surface area contributed by atoms with Gasteiger partial charge < -0.3 is 0 Å². The van der Waals surface area contributed by atoms with Crippen LogP contribution in [0.1, 0.15) is 19.8 Å². The van der Waals surface area contributed by atoms with E-state index in [1.165, 1.54) is 0 Å². The summed E-state index contributed by atoms with van der Waals surface area (Å²) in [6.45, 7) is 5.83. The zero-order valence-corrected chi connectivity index (χ0v) is 7.99. The van der Waals surface area contributed by atoms with Crippen LogP contribution in [0.2, 0.25) is 0 Å². The van der Waals surface area contributed by atoms with Gasteiger partial charge in [-0.2, -0.15) is 11.8 Å². The van der Waals surface area contributed by atoms with Gasteiger partial charge in [-0.15, -0.1) is 6.58 Å². The second-order valence-electron chi connectivity index (χ2n) is 2.39. The molecule has 1 unspecified atom stereocenters. The van der Waals surface area contributed by atoms with Crippen LogP contribution in [-0.2, 0) is 0 Å². The summed E-state index contributed by atoms with van der Waals surface area (Å²) < 4.78 is 0. The van der Waals surface area contributed by atoms with E-state index in [1.54, 1.807) is 0 Å². The van der Waals surface area contributed by atoms with Crippen LogP contribution in [0.3, 0.4) is 0 Å². The zero-order chi connectivity index (χ0) is 8.53. The smallest absolute Gasteiger partial charge is 0.0304 e. The van der Waals surface area contributed by atoms with E-state index in [0.29, 0.717) is 6.04 Å². The van der Waals surface area contributed by atoms with E-state index in [2.05, 4.69) is 18.9 Å². The molecule has 0 radical (unpaired) electrons. The lowest BCUT2D eigenvalue weighted by molar-refractivity contribution is 0.544. The molecule has 0 aromatic rings. The van der Waals surface area contributed by atoms with Gasteiger partial charge in [-0.05, 0) is 18.6 Å². The first-order valence-corrected chi connectivity index (χ1v) is 5.15. The largest absolute Gasteiger partial charge is 0.271 e. The molecule has 0 aromatic heterocycles. The monoisotopic (exact) mass is 174 g/mol. The summed E-state index contributed by atoms with van der Waals surface area (Å²) in [5, 5.41) is 0. The van der Waals surface area contributed by atoms with Gasteiger partial charge in [0.05, 0.1) is 0 Å². The highest BCUT2D eigenvalue weighted by Gasteiger charge is 2.03. The minimum absolute atomic E-state index is 0.443. The SMILES string of the molecule is C=CCCC(CSCC)NN. The number of nitrogens with two attached hydrogens (primary N) is 1. The van der Waals surface area contributed by atoms with Crippen LogP contribution in [0, 0.1) is 0 Å². The summed E-state index contributed by atoms with van der Waals surface area (Å²) in [5.41, 5.74) is 2.80. The molecule has 0 aliphatic heterocycles. The van der Waals surface area contributed by atoms with Gasteiger partial charge in [0.15, 0.2) is 0 Å². The van der Waals surface area contributed by atoms with Crippen LogP contribution in [-0.4, -0.2) is 17.5 Å². The van der Waals surface area contributed by atoms with Crippen molar-refractivity contribution in [2.45, 2.75) is 25.8 Å². The Morgan fingerprint density at radius 3 is 2.91 bits per heavy atom. The molecular formula is C8H18N2S. The number of hydrazine groups is 1. The highest BCUT2D eigenvalue weighted by molar-refractivity contribution is 7.99. The highest BCUT2D eigenvalue weighted by Crippen LogP contribution is 2.06. The Labute approximate surface area is 73.6 Å². The molecule has 0 aliphatic rings. The second kappa shape index (κ2) is 8.11. The van der Waals surface area contributed by atoms with Crippen LogP contribution in [0.5, 0.6) is 0 Å². The lowest BCUT2D eigenvalue weighted by atomic mass is 10.2. The number of hydrogen-bond donors (Lipinski definition) is 2. The third-order valence-electron chi connectivity index (χ3n) is 1.48. The number of allylic oxidation sites excluding steroid dienone is 1. The maximum Gasteiger partial charge on any atom is 0.0304 e. The standard InChI is InChI=1S/C8H18N2S/c1-3-5-6-8(10-9)7-11-4-2/h3,8,10H,1,4-7,9H2,2H3. The van der Waals surface area contributed by atoms with Crippen molar-refractivity contribution in [3.05, 3.63) is 12.7 Å². The lowest BCUT2D eigenvalue weighted by Gasteiger charge is -2.13. The first-order chi connectivity index (χ1) is 5.35. The molecule has 3 heteroatoms. The average molecular weight is 174 g/mol. The number of thioether (sulfide) groups is 1. The third-order valence-corrected chi connectivity index (χ3v) is 2.52. The third kappa shape index (κ3) is 6.41. The van der Waals surface area contributed by atoms with Gasteiger partial charge in [0.25, 0.3) is 0 Å². The van der Waals surface area contributed by atoms with Gasteiger partial charge in [0.1, 0.15) is 0 Å². The van der Waals surface area contributed by atoms with Crippen molar-refractivity contribution in [3.63, 3.8) is 0 Å². The molecule has 0 spiro atoms. The van der Waals surface area contributed by atoms with Crippen LogP contribution in [0.15, 0.2) is 12.7 Å². The molecule has 0 saturated carbocycles. The van der Waals surface area contributed by atoms with Crippen molar-refractivity contribution in [2.24, 2.45) is 5.84 Å². The van der Waals surface area contributed by atoms with Gasteiger partial charge in [0.2, 0.25) is 0 Å². The van der Waals surface area contributed by atoms with Crippen LogP contribution < -0.4 is 11.3 Å².